The molecule has 1 N–H and O–H groups in total. The van der Waals surface area contributed by atoms with Crippen LogP contribution < -0.4 is 10.2 Å². The quantitative estimate of drug-likeness (QED) is 0.563. The third kappa shape index (κ3) is 4.37. The molecule has 0 spiro atoms. The minimum absolute atomic E-state index is 0.00806. The molecule has 1 aliphatic carbocycles. The van der Waals surface area contributed by atoms with Crippen molar-refractivity contribution in [1.29, 1.82) is 0 Å². The first-order chi connectivity index (χ1) is 15.6. The number of amides is 1. The zero-order valence-electron chi connectivity index (χ0n) is 18.5. The minimum Gasteiger partial charge on any atom is -0.353 e. The Morgan fingerprint density at radius 3 is 2.59 bits per heavy atom. The first-order valence-electron chi connectivity index (χ1n) is 11.8. The number of thiazole rings is 1. The van der Waals surface area contributed by atoms with Crippen molar-refractivity contribution in [2.75, 3.05) is 18.0 Å². The monoisotopic (exact) mass is 455 g/mol. The molecule has 2 aliphatic rings. The van der Waals surface area contributed by atoms with Gasteiger partial charge in [-0.05, 0) is 56.9 Å². The van der Waals surface area contributed by atoms with Gasteiger partial charge in [-0.3, -0.25) is 4.79 Å². The highest BCUT2D eigenvalue weighted by atomic mass is 32.1. The number of hydrogen-bond donors (Lipinski definition) is 1. The topological polar surface area (TPSA) is 63.1 Å². The Kier molecular flexibility index (Phi) is 6.13. The van der Waals surface area contributed by atoms with Crippen LogP contribution in [-0.4, -0.2) is 39.8 Å². The van der Waals surface area contributed by atoms with Gasteiger partial charge in [-0.2, -0.15) is 10.1 Å². The number of aromatic nitrogens is 3. The van der Waals surface area contributed by atoms with E-state index >= 15 is 0 Å². The third-order valence-corrected chi connectivity index (χ3v) is 7.93. The van der Waals surface area contributed by atoms with E-state index in [1.807, 2.05) is 6.92 Å². The van der Waals surface area contributed by atoms with Crippen molar-refractivity contribution in [1.82, 2.24) is 20.1 Å². The molecule has 170 valence electrons. The highest BCUT2D eigenvalue weighted by molar-refractivity contribution is 7.22. The van der Waals surface area contributed by atoms with Crippen molar-refractivity contribution in [3.8, 4) is 5.69 Å². The molecule has 32 heavy (non-hydrogen) atoms. The molecule has 0 unspecified atom stereocenters. The molecule has 1 aliphatic heterocycles. The summed E-state index contributed by atoms with van der Waals surface area (Å²) in [4.78, 5) is 20.1. The Labute approximate surface area is 191 Å². The summed E-state index contributed by atoms with van der Waals surface area (Å²) in [7, 11) is 0. The lowest BCUT2D eigenvalue weighted by molar-refractivity contribution is -0.126. The Balaban J connectivity index is 1.33. The van der Waals surface area contributed by atoms with Gasteiger partial charge in [0.2, 0.25) is 5.91 Å². The number of aryl methyl sites for hydroxylation is 1. The standard InChI is InChI=1S/C24H30FN5OS/c1-16-21-22(30(28-16)20-12-10-18(25)11-13-20)27-24(32-21)29-14-6-7-17(15-29)23(31)26-19-8-4-2-3-5-9-19/h10-13,17,19H,2-9,14-15H2,1H3,(H,26,31)/t17-/m0/s1. The normalized spacial score (nSPS) is 20.4. The zero-order chi connectivity index (χ0) is 22.1. The highest BCUT2D eigenvalue weighted by Crippen LogP contribution is 2.34. The number of halogens is 1. The molecule has 3 heterocycles. The smallest absolute Gasteiger partial charge is 0.225 e. The van der Waals surface area contributed by atoms with Crippen LogP contribution in [0.1, 0.15) is 57.1 Å². The van der Waals surface area contributed by atoms with E-state index in [2.05, 4.69) is 15.3 Å². The van der Waals surface area contributed by atoms with Crippen molar-refractivity contribution in [3.05, 3.63) is 35.8 Å². The number of carbonyl (C=O) groups excluding carboxylic acids is 1. The summed E-state index contributed by atoms with van der Waals surface area (Å²) >= 11 is 1.63. The fourth-order valence-electron chi connectivity index (χ4n) is 4.93. The lowest BCUT2D eigenvalue weighted by Crippen LogP contribution is -2.46. The second-order valence-electron chi connectivity index (χ2n) is 9.11. The molecule has 2 fully saturated rings. The number of nitrogens with zero attached hydrogens (tertiary/aromatic N) is 4. The van der Waals surface area contributed by atoms with E-state index in [9.17, 15) is 9.18 Å². The van der Waals surface area contributed by atoms with E-state index in [0.717, 1.165) is 59.1 Å². The van der Waals surface area contributed by atoms with Gasteiger partial charge in [-0.15, -0.1) is 0 Å². The second kappa shape index (κ2) is 9.17. The molecule has 5 rings (SSSR count). The number of anilines is 1. The van der Waals surface area contributed by atoms with Gasteiger partial charge in [-0.1, -0.05) is 37.0 Å². The van der Waals surface area contributed by atoms with Crippen LogP contribution in [0.4, 0.5) is 9.52 Å². The maximum Gasteiger partial charge on any atom is 0.225 e. The van der Waals surface area contributed by atoms with Crippen LogP contribution in [0.2, 0.25) is 0 Å². The molecule has 6 nitrogen and oxygen atoms in total. The van der Waals surface area contributed by atoms with E-state index in [4.69, 9.17) is 4.98 Å². The Hall–Kier alpha value is -2.48. The van der Waals surface area contributed by atoms with Gasteiger partial charge in [0.25, 0.3) is 0 Å². The molecule has 2 aromatic heterocycles. The molecule has 0 radical (unpaired) electrons. The maximum absolute atomic E-state index is 13.4. The van der Waals surface area contributed by atoms with Gasteiger partial charge in [0.15, 0.2) is 10.8 Å². The fraction of sp³-hybridized carbons (Fsp3) is 0.542. The van der Waals surface area contributed by atoms with Crippen LogP contribution in [0.5, 0.6) is 0 Å². The fourth-order valence-corrected chi connectivity index (χ4v) is 5.95. The van der Waals surface area contributed by atoms with E-state index in [0.29, 0.717) is 12.6 Å². The number of rotatable bonds is 4. The molecular weight excluding hydrogens is 425 g/mol. The number of benzene rings is 1. The summed E-state index contributed by atoms with van der Waals surface area (Å²) < 4.78 is 16.2. The van der Waals surface area contributed by atoms with Gasteiger partial charge in [0.05, 0.1) is 22.0 Å². The number of carbonyl (C=O) groups is 1. The van der Waals surface area contributed by atoms with E-state index in [1.54, 1.807) is 28.2 Å². The van der Waals surface area contributed by atoms with Crippen LogP contribution >= 0.6 is 11.3 Å². The Bertz CT molecular complexity index is 1080. The predicted octanol–water partition coefficient (Wildman–Crippen LogP) is 4.98. The first kappa shape index (κ1) is 21.4. The molecule has 8 heteroatoms. The molecule has 1 saturated heterocycles. The van der Waals surface area contributed by atoms with Gasteiger partial charge >= 0.3 is 0 Å². The summed E-state index contributed by atoms with van der Waals surface area (Å²) in [6, 6.07) is 6.65. The second-order valence-corrected chi connectivity index (χ2v) is 10.1. The number of fused-ring (bicyclic) bond motifs is 1. The van der Waals surface area contributed by atoms with Gasteiger partial charge < -0.3 is 10.2 Å². The number of nitrogens with one attached hydrogen (secondary N) is 1. The summed E-state index contributed by atoms with van der Waals surface area (Å²) in [6.45, 7) is 3.59. The van der Waals surface area contributed by atoms with Gasteiger partial charge in [0, 0.05) is 19.1 Å². The van der Waals surface area contributed by atoms with E-state index in [-0.39, 0.29) is 17.6 Å². The zero-order valence-corrected chi connectivity index (χ0v) is 19.3. The van der Waals surface area contributed by atoms with Crippen molar-refractivity contribution in [2.24, 2.45) is 5.92 Å². The molecule has 0 bridgehead atoms. The van der Waals surface area contributed by atoms with Crippen LogP contribution in [0, 0.1) is 18.7 Å². The van der Waals surface area contributed by atoms with E-state index < -0.39 is 0 Å². The van der Waals surface area contributed by atoms with Crippen LogP contribution in [0.25, 0.3) is 16.0 Å². The molecule has 3 aromatic rings. The number of piperidine rings is 1. The third-order valence-electron chi connectivity index (χ3n) is 6.71. The number of hydrogen-bond acceptors (Lipinski definition) is 5. The summed E-state index contributed by atoms with van der Waals surface area (Å²) in [5.41, 5.74) is 2.49. The largest absolute Gasteiger partial charge is 0.353 e. The SMILES string of the molecule is Cc1nn(-c2ccc(F)cc2)c2nc(N3CCC[C@H](C(=O)NC4CCCCCC4)C3)sc12. The average molecular weight is 456 g/mol. The maximum atomic E-state index is 13.4. The molecule has 1 saturated carbocycles. The Morgan fingerprint density at radius 2 is 1.84 bits per heavy atom. The van der Waals surface area contributed by atoms with E-state index in [1.165, 1.54) is 37.8 Å². The van der Waals surface area contributed by atoms with Gasteiger partial charge in [-0.25, -0.2) is 9.07 Å². The molecule has 1 atom stereocenters. The predicted molar refractivity (Wildman–Crippen MR) is 126 cm³/mol. The summed E-state index contributed by atoms with van der Waals surface area (Å²) in [5, 5.41) is 8.88. The Morgan fingerprint density at radius 1 is 1.09 bits per heavy atom. The summed E-state index contributed by atoms with van der Waals surface area (Å²) in [5.74, 6) is -0.0561. The van der Waals surface area contributed by atoms with Crippen LogP contribution in [0.15, 0.2) is 24.3 Å². The van der Waals surface area contributed by atoms with Crippen LogP contribution in [-0.2, 0) is 4.79 Å². The summed E-state index contributed by atoms with van der Waals surface area (Å²) in [6.07, 6.45) is 9.16. The van der Waals surface area contributed by atoms with Gasteiger partial charge in [0.1, 0.15) is 5.82 Å². The highest BCUT2D eigenvalue weighted by Gasteiger charge is 2.29. The minimum atomic E-state index is -0.269. The first-order valence-corrected chi connectivity index (χ1v) is 12.6. The molecular formula is C24H30FN5OS. The van der Waals surface area contributed by atoms with Crippen molar-refractivity contribution < 1.29 is 9.18 Å². The molecule has 1 amide bonds. The van der Waals surface area contributed by atoms with Crippen molar-refractivity contribution >= 4 is 32.7 Å². The van der Waals surface area contributed by atoms with Crippen molar-refractivity contribution in [3.63, 3.8) is 0 Å². The average Bonchev–Trinajstić information content (AvgIpc) is 3.26. The lowest BCUT2D eigenvalue weighted by atomic mass is 9.96. The lowest BCUT2D eigenvalue weighted by Gasteiger charge is -2.32. The van der Waals surface area contributed by atoms with Crippen molar-refractivity contribution in [2.45, 2.75) is 64.3 Å². The molecule has 1 aromatic carbocycles. The van der Waals surface area contributed by atoms with Crippen LogP contribution in [0.3, 0.4) is 0 Å².